The number of nitrogens with one attached hydrogen (secondary N) is 1. The molecule has 0 aromatic heterocycles. The molecule has 7 nitrogen and oxygen atoms in total. The van der Waals surface area contributed by atoms with E-state index < -0.39 is 23.7 Å². The van der Waals surface area contributed by atoms with Crippen LogP contribution in [-0.4, -0.2) is 47.9 Å². The molecule has 7 heteroatoms. The van der Waals surface area contributed by atoms with Gasteiger partial charge >= 0.3 is 5.97 Å². The number of rotatable bonds is 3. The summed E-state index contributed by atoms with van der Waals surface area (Å²) < 4.78 is 10.6. The average Bonchev–Trinajstić information content (AvgIpc) is 2.80. The lowest BCUT2D eigenvalue weighted by atomic mass is 9.83. The summed E-state index contributed by atoms with van der Waals surface area (Å²) in [6.07, 6.45) is 0.774. The number of methoxy groups -OCH3 is 1. The van der Waals surface area contributed by atoms with Gasteiger partial charge in [0.05, 0.1) is 25.2 Å². The Kier molecular flexibility index (Phi) is 4.06. The van der Waals surface area contributed by atoms with Gasteiger partial charge in [0.15, 0.2) is 0 Å². The minimum atomic E-state index is -0.947. The van der Waals surface area contributed by atoms with Crippen molar-refractivity contribution in [1.29, 1.82) is 0 Å². The minimum absolute atomic E-state index is 0.219. The van der Waals surface area contributed by atoms with Gasteiger partial charge in [-0.2, -0.15) is 0 Å². The van der Waals surface area contributed by atoms with E-state index in [1.807, 2.05) is 0 Å². The van der Waals surface area contributed by atoms with Crippen molar-refractivity contribution >= 4 is 11.9 Å². The van der Waals surface area contributed by atoms with E-state index in [2.05, 4.69) is 11.9 Å². The maximum Gasteiger partial charge on any atom is 0.314 e. The summed E-state index contributed by atoms with van der Waals surface area (Å²) in [6, 6.07) is 0. The Morgan fingerprint density at radius 2 is 2.38 bits per heavy atom. The minimum Gasteiger partial charge on any atom is -0.469 e. The third-order valence-corrected chi connectivity index (χ3v) is 4.02. The summed E-state index contributed by atoms with van der Waals surface area (Å²) in [5.41, 5.74) is -0.435. The summed E-state index contributed by atoms with van der Waals surface area (Å²) in [4.78, 5) is 25.2. The molecule has 1 amide bonds. The molecule has 2 aliphatic rings. The first-order valence-corrected chi connectivity index (χ1v) is 6.65. The average molecular weight is 296 g/mol. The highest BCUT2D eigenvalue weighted by Gasteiger charge is 2.53. The SMILES string of the molecule is C=C1NC(=O)C(C)=CN1[C@H]1C[C@@](C)(C(=O)OC)[C@@H](CO)O1. The van der Waals surface area contributed by atoms with Crippen LogP contribution in [0.4, 0.5) is 0 Å². The highest BCUT2D eigenvalue weighted by molar-refractivity contribution is 5.94. The van der Waals surface area contributed by atoms with Gasteiger partial charge in [-0.05, 0) is 13.8 Å². The fraction of sp³-hybridized carbons (Fsp3) is 0.571. The maximum absolute atomic E-state index is 12.0. The van der Waals surface area contributed by atoms with Crippen LogP contribution in [0.25, 0.3) is 0 Å². The highest BCUT2D eigenvalue weighted by atomic mass is 16.6. The van der Waals surface area contributed by atoms with Crippen LogP contribution in [0.3, 0.4) is 0 Å². The van der Waals surface area contributed by atoms with Crippen LogP contribution in [0, 0.1) is 5.41 Å². The van der Waals surface area contributed by atoms with E-state index in [1.54, 1.807) is 24.9 Å². The van der Waals surface area contributed by atoms with Gasteiger partial charge < -0.3 is 24.8 Å². The zero-order valence-corrected chi connectivity index (χ0v) is 12.4. The summed E-state index contributed by atoms with van der Waals surface area (Å²) in [5.74, 6) is -0.276. The Morgan fingerprint density at radius 3 is 2.95 bits per heavy atom. The third kappa shape index (κ3) is 2.54. The lowest BCUT2D eigenvalue weighted by molar-refractivity contribution is -0.156. The van der Waals surface area contributed by atoms with E-state index in [-0.39, 0.29) is 12.5 Å². The topological polar surface area (TPSA) is 88.1 Å². The second-order valence-corrected chi connectivity index (χ2v) is 5.50. The van der Waals surface area contributed by atoms with Crippen molar-refractivity contribution in [1.82, 2.24) is 10.2 Å². The van der Waals surface area contributed by atoms with Crippen LogP contribution in [0.15, 0.2) is 24.2 Å². The van der Waals surface area contributed by atoms with Crippen LogP contribution < -0.4 is 5.32 Å². The number of ether oxygens (including phenoxy) is 2. The molecule has 0 aromatic carbocycles. The molecule has 1 saturated heterocycles. The van der Waals surface area contributed by atoms with Crippen molar-refractivity contribution in [3.05, 3.63) is 24.2 Å². The van der Waals surface area contributed by atoms with Crippen molar-refractivity contribution in [2.24, 2.45) is 5.41 Å². The van der Waals surface area contributed by atoms with Crippen LogP contribution in [-0.2, 0) is 19.1 Å². The standard InChI is InChI=1S/C14H20N2O5/c1-8-6-16(9(2)15-12(8)18)11-5-14(3,13(19)20-4)10(7-17)21-11/h6,10-11,17H,2,5,7H2,1,3-4H3,(H,15,18)/t10-,11-,14-/m1/s1. The van der Waals surface area contributed by atoms with E-state index >= 15 is 0 Å². The van der Waals surface area contributed by atoms with Crippen molar-refractivity contribution in [2.45, 2.75) is 32.6 Å². The molecule has 0 spiro atoms. The molecule has 0 aromatic rings. The van der Waals surface area contributed by atoms with Gasteiger partial charge in [-0.1, -0.05) is 6.58 Å². The van der Waals surface area contributed by atoms with Crippen LogP contribution >= 0.6 is 0 Å². The van der Waals surface area contributed by atoms with Gasteiger partial charge in [0, 0.05) is 18.2 Å². The quantitative estimate of drug-likeness (QED) is 0.717. The lowest BCUT2D eigenvalue weighted by Crippen LogP contribution is -2.42. The first-order valence-electron chi connectivity index (χ1n) is 6.65. The number of hydrogen-bond acceptors (Lipinski definition) is 6. The molecular formula is C14H20N2O5. The highest BCUT2D eigenvalue weighted by Crippen LogP contribution is 2.41. The molecule has 0 radical (unpaired) electrons. The van der Waals surface area contributed by atoms with E-state index in [4.69, 9.17) is 9.47 Å². The second-order valence-electron chi connectivity index (χ2n) is 5.50. The van der Waals surface area contributed by atoms with Crippen molar-refractivity contribution in [3.63, 3.8) is 0 Å². The molecule has 2 heterocycles. The molecule has 0 unspecified atom stereocenters. The second kappa shape index (κ2) is 5.50. The molecule has 3 atom stereocenters. The van der Waals surface area contributed by atoms with Crippen LogP contribution in [0.1, 0.15) is 20.3 Å². The zero-order chi connectivity index (χ0) is 15.8. The maximum atomic E-state index is 12.0. The molecule has 2 N–H and O–H groups in total. The van der Waals surface area contributed by atoms with Gasteiger partial charge in [0.25, 0.3) is 5.91 Å². The van der Waals surface area contributed by atoms with Gasteiger partial charge in [0.1, 0.15) is 12.0 Å². The number of hydrogen-bond donors (Lipinski definition) is 2. The van der Waals surface area contributed by atoms with Gasteiger partial charge in [0.2, 0.25) is 0 Å². The molecular weight excluding hydrogens is 276 g/mol. The summed E-state index contributed by atoms with van der Waals surface area (Å²) in [7, 11) is 1.31. The lowest BCUT2D eigenvalue weighted by Gasteiger charge is -2.32. The fourth-order valence-electron chi connectivity index (χ4n) is 2.63. The van der Waals surface area contributed by atoms with E-state index in [1.165, 1.54) is 7.11 Å². The summed E-state index contributed by atoms with van der Waals surface area (Å²) in [6.45, 7) is 6.85. The monoisotopic (exact) mass is 296 g/mol. The Hall–Kier alpha value is -1.86. The number of nitrogens with zero attached hydrogens (tertiary/aromatic N) is 1. The Bertz CT molecular complexity index is 515. The number of carbonyl (C=O) groups is 2. The van der Waals surface area contributed by atoms with Crippen molar-refractivity contribution in [3.8, 4) is 0 Å². The summed E-state index contributed by atoms with van der Waals surface area (Å²) >= 11 is 0. The van der Waals surface area contributed by atoms with E-state index in [0.717, 1.165) is 0 Å². The Labute approximate surface area is 123 Å². The van der Waals surface area contributed by atoms with Gasteiger partial charge in [-0.25, -0.2) is 0 Å². The molecule has 2 aliphatic heterocycles. The van der Waals surface area contributed by atoms with Crippen LogP contribution in [0.2, 0.25) is 0 Å². The number of carbonyl (C=O) groups excluding carboxylic acids is 2. The fourth-order valence-corrected chi connectivity index (χ4v) is 2.63. The molecule has 0 bridgehead atoms. The molecule has 2 rings (SSSR count). The number of esters is 1. The van der Waals surface area contributed by atoms with Gasteiger partial charge in [-0.3, -0.25) is 9.59 Å². The normalized spacial score (nSPS) is 32.8. The zero-order valence-electron chi connectivity index (χ0n) is 12.4. The Balaban J connectivity index is 2.26. The summed E-state index contributed by atoms with van der Waals surface area (Å²) in [5, 5.41) is 12.1. The molecule has 1 fully saturated rings. The van der Waals surface area contributed by atoms with Crippen LogP contribution in [0.5, 0.6) is 0 Å². The number of aliphatic hydroxyl groups excluding tert-OH is 1. The number of aliphatic hydroxyl groups is 1. The van der Waals surface area contributed by atoms with E-state index in [0.29, 0.717) is 17.8 Å². The molecule has 0 aliphatic carbocycles. The molecule has 21 heavy (non-hydrogen) atoms. The van der Waals surface area contributed by atoms with Gasteiger partial charge in [-0.15, -0.1) is 0 Å². The molecule has 0 saturated carbocycles. The van der Waals surface area contributed by atoms with Crippen molar-refractivity contribution < 1.29 is 24.2 Å². The molecule has 116 valence electrons. The van der Waals surface area contributed by atoms with Crippen molar-refractivity contribution in [2.75, 3.05) is 13.7 Å². The largest absolute Gasteiger partial charge is 0.469 e. The third-order valence-electron chi connectivity index (χ3n) is 4.02. The number of amides is 1. The first kappa shape index (κ1) is 15.5. The first-order chi connectivity index (χ1) is 9.83. The van der Waals surface area contributed by atoms with E-state index in [9.17, 15) is 14.7 Å². The predicted molar refractivity (Wildman–Crippen MR) is 73.4 cm³/mol. The predicted octanol–water partition coefficient (Wildman–Crippen LogP) is 0.0798. The Morgan fingerprint density at radius 1 is 1.71 bits per heavy atom. The smallest absolute Gasteiger partial charge is 0.314 e.